The first-order valence-electron chi connectivity index (χ1n) is 5.89. The van der Waals surface area contributed by atoms with Crippen molar-refractivity contribution in [3.05, 3.63) is 23.9 Å². The molecule has 0 spiro atoms. The third-order valence-corrected chi connectivity index (χ3v) is 2.92. The molecule has 0 saturated carbocycles. The van der Waals surface area contributed by atoms with Crippen LogP contribution in [0.1, 0.15) is 10.4 Å². The zero-order valence-corrected chi connectivity index (χ0v) is 10.7. The number of ether oxygens (including phenoxy) is 2. The molecule has 8 heteroatoms. The summed E-state index contributed by atoms with van der Waals surface area (Å²) in [7, 11) is 1.24. The molecule has 0 aliphatic carbocycles. The van der Waals surface area contributed by atoms with Gasteiger partial charge in [-0.3, -0.25) is 0 Å². The molecule has 2 rings (SSSR count). The van der Waals surface area contributed by atoms with Crippen LogP contribution in [0.5, 0.6) is 0 Å². The Kier molecular flexibility index (Phi) is 4.12. The zero-order valence-electron chi connectivity index (χ0n) is 10.7. The van der Waals surface area contributed by atoms with Crippen LogP contribution in [-0.4, -0.2) is 50.0 Å². The van der Waals surface area contributed by atoms with Crippen LogP contribution < -0.4 is 4.90 Å². The molecule has 1 aliphatic rings. The number of hydrogen-bond acceptors (Lipinski definition) is 5. The van der Waals surface area contributed by atoms with E-state index in [-0.39, 0.29) is 18.7 Å². The Bertz CT molecular complexity index is 476. The molecular formula is C12H13F3N2O3. The van der Waals surface area contributed by atoms with Crippen LogP contribution in [0.2, 0.25) is 0 Å². The van der Waals surface area contributed by atoms with E-state index in [0.29, 0.717) is 12.4 Å². The molecule has 1 saturated heterocycles. The first-order valence-corrected chi connectivity index (χ1v) is 5.89. The topological polar surface area (TPSA) is 51.7 Å². The van der Waals surface area contributed by atoms with Gasteiger partial charge in [0.25, 0.3) is 0 Å². The molecule has 1 aromatic heterocycles. The highest BCUT2D eigenvalue weighted by atomic mass is 19.4. The van der Waals surface area contributed by atoms with Crippen LogP contribution in [0.3, 0.4) is 0 Å². The van der Waals surface area contributed by atoms with Gasteiger partial charge in [-0.1, -0.05) is 0 Å². The molecule has 0 aromatic carbocycles. The van der Waals surface area contributed by atoms with Crippen molar-refractivity contribution in [3.8, 4) is 0 Å². The summed E-state index contributed by atoms with van der Waals surface area (Å²) in [6, 6.07) is 2.96. The number of morpholine rings is 1. The number of carbonyl (C=O) groups is 1. The SMILES string of the molecule is COC(=O)c1ccc(N2CCO[C@@H](C(F)(F)F)C2)nc1. The van der Waals surface area contributed by atoms with E-state index in [0.717, 1.165) is 0 Å². The van der Waals surface area contributed by atoms with E-state index in [1.54, 1.807) is 0 Å². The summed E-state index contributed by atoms with van der Waals surface area (Å²) in [5.41, 5.74) is 0.247. The lowest BCUT2D eigenvalue weighted by Crippen LogP contribution is -2.49. The van der Waals surface area contributed by atoms with Crippen LogP contribution >= 0.6 is 0 Å². The number of aromatic nitrogens is 1. The predicted octanol–water partition coefficient (Wildman–Crippen LogP) is 1.64. The third kappa shape index (κ3) is 3.19. The number of hydrogen-bond donors (Lipinski definition) is 0. The van der Waals surface area contributed by atoms with Gasteiger partial charge in [-0.25, -0.2) is 9.78 Å². The van der Waals surface area contributed by atoms with Crippen molar-refractivity contribution >= 4 is 11.8 Å². The maximum Gasteiger partial charge on any atom is 0.416 e. The number of esters is 1. The molecule has 0 radical (unpaired) electrons. The van der Waals surface area contributed by atoms with Crippen molar-refractivity contribution in [3.63, 3.8) is 0 Å². The highest BCUT2D eigenvalue weighted by Crippen LogP contribution is 2.27. The molecule has 1 aromatic rings. The minimum Gasteiger partial charge on any atom is -0.465 e. The molecule has 5 nitrogen and oxygen atoms in total. The van der Waals surface area contributed by atoms with Gasteiger partial charge in [-0.05, 0) is 12.1 Å². The van der Waals surface area contributed by atoms with E-state index >= 15 is 0 Å². The van der Waals surface area contributed by atoms with Gasteiger partial charge in [0.15, 0.2) is 6.10 Å². The summed E-state index contributed by atoms with van der Waals surface area (Å²) < 4.78 is 47.1. The first-order chi connectivity index (χ1) is 9.41. The van der Waals surface area contributed by atoms with Gasteiger partial charge in [0.1, 0.15) is 5.82 Å². The quantitative estimate of drug-likeness (QED) is 0.775. The number of methoxy groups -OCH3 is 1. The van der Waals surface area contributed by atoms with Crippen LogP contribution in [0, 0.1) is 0 Å². The Morgan fingerprint density at radius 3 is 2.80 bits per heavy atom. The fourth-order valence-corrected chi connectivity index (χ4v) is 1.87. The normalized spacial score (nSPS) is 19.8. The van der Waals surface area contributed by atoms with Crippen LogP contribution in [0.4, 0.5) is 19.0 Å². The van der Waals surface area contributed by atoms with Crippen LogP contribution in [0.25, 0.3) is 0 Å². The number of rotatable bonds is 2. The van der Waals surface area contributed by atoms with Crippen LogP contribution in [0.15, 0.2) is 18.3 Å². The smallest absolute Gasteiger partial charge is 0.416 e. The van der Waals surface area contributed by atoms with Gasteiger partial charge in [0, 0.05) is 12.7 Å². The summed E-state index contributed by atoms with van der Waals surface area (Å²) in [5, 5.41) is 0. The van der Waals surface area contributed by atoms with Gasteiger partial charge >= 0.3 is 12.1 Å². The Balaban J connectivity index is 2.09. The maximum atomic E-state index is 12.6. The Hall–Kier alpha value is -1.83. The van der Waals surface area contributed by atoms with E-state index < -0.39 is 18.2 Å². The molecule has 0 bridgehead atoms. The molecular weight excluding hydrogens is 277 g/mol. The van der Waals surface area contributed by atoms with E-state index in [2.05, 4.69) is 9.72 Å². The summed E-state index contributed by atoms with van der Waals surface area (Å²) in [4.78, 5) is 16.7. The summed E-state index contributed by atoms with van der Waals surface area (Å²) in [6.07, 6.45) is -4.94. The number of pyridine rings is 1. The third-order valence-electron chi connectivity index (χ3n) is 2.92. The lowest BCUT2D eigenvalue weighted by atomic mass is 10.2. The number of alkyl halides is 3. The summed E-state index contributed by atoms with van der Waals surface area (Å²) in [6.45, 7) is -0.0180. The first kappa shape index (κ1) is 14.6. The number of nitrogens with zero attached hydrogens (tertiary/aromatic N) is 2. The molecule has 1 aliphatic heterocycles. The molecule has 0 N–H and O–H groups in total. The van der Waals surface area contributed by atoms with Crippen molar-refractivity contribution in [1.29, 1.82) is 0 Å². The second-order valence-corrected chi connectivity index (χ2v) is 4.24. The zero-order chi connectivity index (χ0) is 14.8. The minimum absolute atomic E-state index is 0.0232. The average Bonchev–Trinajstić information content (AvgIpc) is 2.46. The Morgan fingerprint density at radius 1 is 1.50 bits per heavy atom. The Labute approximate surface area is 113 Å². The standard InChI is InChI=1S/C12H13F3N2O3/c1-19-11(18)8-2-3-10(16-6-8)17-4-5-20-9(7-17)12(13,14)15/h2-3,6,9H,4-5,7H2,1H3/t9-/m1/s1. The maximum absolute atomic E-state index is 12.6. The minimum atomic E-state index is -4.40. The second kappa shape index (κ2) is 5.66. The second-order valence-electron chi connectivity index (χ2n) is 4.24. The van der Waals surface area contributed by atoms with Gasteiger partial charge in [-0.15, -0.1) is 0 Å². The fraction of sp³-hybridized carbons (Fsp3) is 0.500. The summed E-state index contributed by atoms with van der Waals surface area (Å²) in [5.74, 6) is -0.172. The van der Waals surface area contributed by atoms with Gasteiger partial charge < -0.3 is 14.4 Å². The van der Waals surface area contributed by atoms with Gasteiger partial charge in [0.2, 0.25) is 0 Å². The predicted molar refractivity (Wildman–Crippen MR) is 63.6 cm³/mol. The van der Waals surface area contributed by atoms with E-state index in [1.165, 1.54) is 30.3 Å². The van der Waals surface area contributed by atoms with E-state index in [1.807, 2.05) is 0 Å². The highest BCUT2D eigenvalue weighted by molar-refractivity contribution is 5.89. The van der Waals surface area contributed by atoms with Crippen molar-refractivity contribution in [2.24, 2.45) is 0 Å². The lowest BCUT2D eigenvalue weighted by Gasteiger charge is -2.34. The van der Waals surface area contributed by atoms with Crippen LogP contribution in [-0.2, 0) is 9.47 Å². The monoisotopic (exact) mass is 290 g/mol. The molecule has 0 unspecified atom stereocenters. The lowest BCUT2D eigenvalue weighted by molar-refractivity contribution is -0.221. The largest absolute Gasteiger partial charge is 0.465 e. The van der Waals surface area contributed by atoms with Crippen molar-refractivity contribution in [1.82, 2.24) is 4.98 Å². The molecule has 110 valence electrons. The molecule has 0 amide bonds. The van der Waals surface area contributed by atoms with E-state index in [4.69, 9.17) is 4.74 Å². The highest BCUT2D eigenvalue weighted by Gasteiger charge is 2.43. The van der Waals surface area contributed by atoms with E-state index in [9.17, 15) is 18.0 Å². The van der Waals surface area contributed by atoms with Gasteiger partial charge in [-0.2, -0.15) is 13.2 Å². The summed E-state index contributed by atoms with van der Waals surface area (Å²) >= 11 is 0. The number of anilines is 1. The number of halogens is 3. The molecule has 2 heterocycles. The van der Waals surface area contributed by atoms with Crippen molar-refractivity contribution in [2.75, 3.05) is 31.7 Å². The van der Waals surface area contributed by atoms with Crippen molar-refractivity contribution < 1.29 is 27.4 Å². The molecule has 1 atom stereocenters. The van der Waals surface area contributed by atoms with Gasteiger partial charge in [0.05, 0.1) is 25.8 Å². The fourth-order valence-electron chi connectivity index (χ4n) is 1.87. The number of carbonyl (C=O) groups excluding carboxylic acids is 1. The average molecular weight is 290 g/mol. The van der Waals surface area contributed by atoms with Crippen molar-refractivity contribution in [2.45, 2.75) is 12.3 Å². The molecule has 20 heavy (non-hydrogen) atoms. The Morgan fingerprint density at radius 2 is 2.25 bits per heavy atom. The molecule has 1 fully saturated rings.